The number of hydrogen-bond donors (Lipinski definition) is 6. The van der Waals surface area contributed by atoms with E-state index in [2.05, 4.69) is 20.3 Å². The fourth-order valence-corrected chi connectivity index (χ4v) is 4.98. The van der Waals surface area contributed by atoms with Crippen LogP contribution in [0.15, 0.2) is 66.7 Å². The maximum Gasteiger partial charge on any atom is 0.416 e. The van der Waals surface area contributed by atoms with Crippen molar-refractivity contribution >= 4 is 32.5 Å². The van der Waals surface area contributed by atoms with Crippen LogP contribution in [0.2, 0.25) is 0 Å². The number of aromatic nitrogens is 1. The predicted octanol–water partition coefficient (Wildman–Crippen LogP) is 4.45. The fraction of sp³-hybridized carbons (Fsp3) is 0.276. The molecule has 2 atom stereocenters. The summed E-state index contributed by atoms with van der Waals surface area (Å²) in [5.74, 6) is -0.640. The topological polar surface area (TPSA) is 144 Å². The quantitative estimate of drug-likeness (QED) is 0.140. The second-order valence-electron chi connectivity index (χ2n) is 10.2. The highest BCUT2D eigenvalue weighted by Crippen LogP contribution is 2.29. The summed E-state index contributed by atoms with van der Waals surface area (Å²) < 4.78 is 63.5. The first kappa shape index (κ1) is 30.9. The van der Waals surface area contributed by atoms with Gasteiger partial charge in [0, 0.05) is 30.0 Å². The van der Waals surface area contributed by atoms with E-state index in [0.717, 1.165) is 34.9 Å². The summed E-state index contributed by atoms with van der Waals surface area (Å²) >= 11 is 0. The van der Waals surface area contributed by atoms with E-state index in [4.69, 9.17) is 0 Å². The average molecular weight is 605 g/mol. The van der Waals surface area contributed by atoms with Crippen LogP contribution in [0.25, 0.3) is 10.9 Å². The van der Waals surface area contributed by atoms with Crippen molar-refractivity contribution < 1.29 is 36.6 Å². The van der Waals surface area contributed by atoms with Crippen LogP contribution in [0, 0.1) is 0 Å². The molecular weight excluding hydrogens is 573 g/mol. The number of carbonyl (C=O) groups excluding carboxylic acids is 1. The third-order valence-electron chi connectivity index (χ3n) is 6.57. The number of aromatic amines is 1. The normalized spacial score (nSPS) is 13.6. The van der Waals surface area contributed by atoms with Gasteiger partial charge in [0.1, 0.15) is 11.4 Å². The van der Waals surface area contributed by atoms with Crippen LogP contribution < -0.4 is 15.4 Å². The number of halogens is 3. The highest BCUT2D eigenvalue weighted by atomic mass is 32.2. The molecule has 1 aromatic heterocycles. The third kappa shape index (κ3) is 8.24. The molecule has 0 bridgehead atoms. The van der Waals surface area contributed by atoms with E-state index < -0.39 is 27.9 Å². The highest BCUT2D eigenvalue weighted by Gasteiger charge is 2.29. The summed E-state index contributed by atoms with van der Waals surface area (Å²) in [6.07, 6.45) is -3.80. The van der Waals surface area contributed by atoms with Crippen LogP contribution in [0.4, 0.5) is 18.9 Å². The van der Waals surface area contributed by atoms with Gasteiger partial charge in [0.2, 0.25) is 10.0 Å². The highest BCUT2D eigenvalue weighted by molar-refractivity contribution is 7.92. The molecule has 0 unspecified atom stereocenters. The molecule has 4 rings (SSSR count). The number of phenolic OH excluding ortho intramolecular Hbond substituents is 1. The number of hydrogen-bond acceptors (Lipinski definition) is 6. The van der Waals surface area contributed by atoms with Crippen molar-refractivity contribution in [3.8, 4) is 5.75 Å². The summed E-state index contributed by atoms with van der Waals surface area (Å²) in [7, 11) is -3.60. The van der Waals surface area contributed by atoms with Gasteiger partial charge < -0.3 is 25.8 Å². The van der Waals surface area contributed by atoms with Gasteiger partial charge in [-0.2, -0.15) is 13.2 Å². The van der Waals surface area contributed by atoms with Gasteiger partial charge in [0.05, 0.1) is 23.6 Å². The standard InChI is InChI=1S/C29H31F3N4O5S/c1-17(33-16-27(38)20-6-10-26(37)24(13-20)36-42(2,40)41)11-19-5-9-23-21(12-19)14-25(35-23)28(39)34-15-18-3-7-22(8-4-18)29(30,31)32/h3-10,12-14,17,27,33,35-38H,11,15-16H2,1-2H3,(H,34,39)/t17-,27+/m1/s1. The number of sulfonamides is 1. The lowest BCUT2D eigenvalue weighted by Gasteiger charge is -2.18. The monoisotopic (exact) mass is 604 g/mol. The Bertz CT molecular complexity index is 1670. The molecule has 13 heteroatoms. The Kier molecular flexibility index (Phi) is 9.14. The van der Waals surface area contributed by atoms with Crippen LogP contribution in [-0.2, 0) is 29.2 Å². The van der Waals surface area contributed by atoms with Crippen LogP contribution in [-0.4, -0.2) is 48.4 Å². The van der Waals surface area contributed by atoms with Crippen LogP contribution >= 0.6 is 0 Å². The molecule has 0 aliphatic carbocycles. The second-order valence-corrected chi connectivity index (χ2v) is 11.9. The lowest BCUT2D eigenvalue weighted by Crippen LogP contribution is -2.32. The van der Waals surface area contributed by atoms with Gasteiger partial charge in [0.15, 0.2) is 0 Å². The lowest BCUT2D eigenvalue weighted by molar-refractivity contribution is -0.137. The summed E-state index contributed by atoms with van der Waals surface area (Å²) in [4.78, 5) is 15.7. The molecule has 0 radical (unpaired) electrons. The van der Waals surface area contributed by atoms with Crippen molar-refractivity contribution in [1.29, 1.82) is 0 Å². The fourth-order valence-electron chi connectivity index (χ4n) is 4.42. The molecular formula is C29H31F3N4O5S. The van der Waals surface area contributed by atoms with Crippen molar-refractivity contribution in [1.82, 2.24) is 15.6 Å². The maximum atomic E-state index is 12.7. The molecule has 1 amide bonds. The summed E-state index contributed by atoms with van der Waals surface area (Å²) in [5, 5.41) is 27.3. The summed E-state index contributed by atoms with van der Waals surface area (Å²) in [6, 6.07) is 16.2. The first-order valence-corrected chi connectivity index (χ1v) is 14.9. The Hall–Kier alpha value is -4.07. The third-order valence-corrected chi connectivity index (χ3v) is 7.16. The summed E-state index contributed by atoms with van der Waals surface area (Å²) in [6.45, 7) is 2.20. The number of benzene rings is 3. The molecule has 0 saturated heterocycles. The van der Waals surface area contributed by atoms with E-state index >= 15 is 0 Å². The number of nitrogens with one attached hydrogen (secondary N) is 4. The molecule has 9 nitrogen and oxygen atoms in total. The Morgan fingerprint density at radius 2 is 1.69 bits per heavy atom. The molecule has 42 heavy (non-hydrogen) atoms. The minimum absolute atomic E-state index is 0.0189. The summed E-state index contributed by atoms with van der Waals surface area (Å²) in [5.41, 5.74) is 2.25. The molecule has 1 heterocycles. The Morgan fingerprint density at radius 3 is 2.36 bits per heavy atom. The number of H-pyrrole nitrogens is 1. The zero-order valence-electron chi connectivity index (χ0n) is 22.8. The van der Waals surface area contributed by atoms with Crippen molar-refractivity contribution in [3.05, 3.63) is 94.7 Å². The van der Waals surface area contributed by atoms with Crippen molar-refractivity contribution in [2.24, 2.45) is 0 Å². The molecule has 0 aliphatic heterocycles. The van der Waals surface area contributed by atoms with Crippen LogP contribution in [0.1, 0.15) is 45.8 Å². The van der Waals surface area contributed by atoms with E-state index in [-0.39, 0.29) is 36.5 Å². The number of aliphatic hydroxyl groups excluding tert-OH is 1. The Labute approximate surface area is 240 Å². The van der Waals surface area contributed by atoms with Gasteiger partial charge in [-0.05, 0) is 72.5 Å². The number of aliphatic hydroxyl groups is 1. The van der Waals surface area contributed by atoms with Gasteiger partial charge in [-0.1, -0.05) is 24.3 Å². The number of amides is 1. The van der Waals surface area contributed by atoms with Gasteiger partial charge in [0.25, 0.3) is 5.91 Å². The van der Waals surface area contributed by atoms with Gasteiger partial charge in [-0.25, -0.2) is 8.42 Å². The van der Waals surface area contributed by atoms with E-state index in [0.29, 0.717) is 23.2 Å². The molecule has 0 saturated carbocycles. The minimum Gasteiger partial charge on any atom is -0.506 e. The molecule has 0 fully saturated rings. The number of aromatic hydroxyl groups is 1. The number of fused-ring (bicyclic) bond motifs is 1. The number of rotatable bonds is 11. The van der Waals surface area contributed by atoms with Gasteiger partial charge in [-0.3, -0.25) is 9.52 Å². The number of carbonyl (C=O) groups is 1. The van der Waals surface area contributed by atoms with E-state index in [1.54, 1.807) is 6.07 Å². The smallest absolute Gasteiger partial charge is 0.416 e. The van der Waals surface area contributed by atoms with Crippen LogP contribution in [0.3, 0.4) is 0 Å². The molecule has 0 aliphatic rings. The first-order chi connectivity index (χ1) is 19.7. The average Bonchev–Trinajstić information content (AvgIpc) is 3.34. The van der Waals surface area contributed by atoms with Gasteiger partial charge in [-0.15, -0.1) is 0 Å². The molecule has 0 spiro atoms. The molecule has 4 aromatic rings. The van der Waals surface area contributed by atoms with Crippen molar-refractivity contribution in [2.45, 2.75) is 38.2 Å². The molecule has 6 N–H and O–H groups in total. The maximum absolute atomic E-state index is 12.7. The van der Waals surface area contributed by atoms with E-state index in [1.165, 1.54) is 30.3 Å². The first-order valence-electron chi connectivity index (χ1n) is 13.0. The molecule has 3 aromatic carbocycles. The lowest BCUT2D eigenvalue weighted by atomic mass is 10.0. The molecule has 224 valence electrons. The Morgan fingerprint density at radius 1 is 1.00 bits per heavy atom. The van der Waals surface area contributed by atoms with Crippen molar-refractivity contribution in [2.75, 3.05) is 17.5 Å². The Balaban J connectivity index is 1.32. The number of anilines is 1. The van der Waals surface area contributed by atoms with Gasteiger partial charge >= 0.3 is 6.18 Å². The van der Waals surface area contributed by atoms with E-state index in [9.17, 15) is 36.6 Å². The minimum atomic E-state index is -4.42. The zero-order valence-corrected chi connectivity index (χ0v) is 23.6. The zero-order chi connectivity index (χ0) is 30.7. The number of alkyl halides is 3. The van der Waals surface area contributed by atoms with E-state index in [1.807, 2.05) is 25.1 Å². The number of phenols is 1. The van der Waals surface area contributed by atoms with Crippen LogP contribution in [0.5, 0.6) is 5.75 Å². The second kappa shape index (κ2) is 12.4. The van der Waals surface area contributed by atoms with Crippen molar-refractivity contribution in [3.63, 3.8) is 0 Å². The largest absolute Gasteiger partial charge is 0.506 e. The predicted molar refractivity (Wildman–Crippen MR) is 154 cm³/mol. The SMILES string of the molecule is C[C@H](Cc1ccc2[nH]c(C(=O)NCc3ccc(C(F)(F)F)cc3)cc2c1)NC[C@H](O)c1ccc(O)c(NS(C)(=O)=O)c1.